The molecule has 1 atom stereocenters. The van der Waals surface area contributed by atoms with E-state index in [1.54, 1.807) is 11.0 Å². The SMILES string of the molecule is O=C(Nc1ccc(F)cc1)N[C@H]1CCN(C(=O)c2cccs2)C1. The molecule has 1 aromatic carbocycles. The monoisotopic (exact) mass is 333 g/mol. The number of nitrogens with zero attached hydrogens (tertiary/aromatic N) is 1. The van der Waals surface area contributed by atoms with Crippen LogP contribution in [0.15, 0.2) is 41.8 Å². The number of likely N-dealkylation sites (tertiary alicyclic amines) is 1. The third-order valence-electron chi connectivity index (χ3n) is 3.64. The Morgan fingerprint density at radius 1 is 1.22 bits per heavy atom. The summed E-state index contributed by atoms with van der Waals surface area (Å²) in [7, 11) is 0. The Hall–Kier alpha value is -2.41. The van der Waals surface area contributed by atoms with Crippen molar-refractivity contribution < 1.29 is 14.0 Å². The van der Waals surface area contributed by atoms with Gasteiger partial charge in [0.1, 0.15) is 5.82 Å². The van der Waals surface area contributed by atoms with E-state index in [4.69, 9.17) is 0 Å². The van der Waals surface area contributed by atoms with Crippen LogP contribution in [0.3, 0.4) is 0 Å². The van der Waals surface area contributed by atoms with Crippen molar-refractivity contribution in [1.29, 1.82) is 0 Å². The Balaban J connectivity index is 1.50. The van der Waals surface area contributed by atoms with Gasteiger partial charge in [0.25, 0.3) is 5.91 Å². The number of hydrogen-bond donors (Lipinski definition) is 2. The highest BCUT2D eigenvalue weighted by molar-refractivity contribution is 7.12. The van der Waals surface area contributed by atoms with E-state index in [1.807, 2.05) is 11.4 Å². The van der Waals surface area contributed by atoms with Crippen molar-refractivity contribution in [3.8, 4) is 0 Å². The summed E-state index contributed by atoms with van der Waals surface area (Å²) in [4.78, 5) is 26.6. The van der Waals surface area contributed by atoms with Gasteiger partial charge in [-0.2, -0.15) is 0 Å². The number of benzene rings is 1. The summed E-state index contributed by atoms with van der Waals surface area (Å²) in [6.45, 7) is 1.12. The second-order valence-corrected chi connectivity index (χ2v) is 6.27. The number of carbonyl (C=O) groups is 2. The van der Waals surface area contributed by atoms with Gasteiger partial charge in [0, 0.05) is 24.8 Å². The van der Waals surface area contributed by atoms with E-state index < -0.39 is 0 Å². The molecule has 0 bridgehead atoms. The molecule has 5 nitrogen and oxygen atoms in total. The topological polar surface area (TPSA) is 61.4 Å². The normalized spacial score (nSPS) is 17.1. The number of thiophene rings is 1. The van der Waals surface area contributed by atoms with Gasteiger partial charge in [-0.25, -0.2) is 9.18 Å². The summed E-state index contributed by atoms with van der Waals surface area (Å²) in [5.41, 5.74) is 0.522. The Bertz CT molecular complexity index is 688. The summed E-state index contributed by atoms with van der Waals surface area (Å²) >= 11 is 1.41. The summed E-state index contributed by atoms with van der Waals surface area (Å²) in [6, 6.07) is 8.77. The highest BCUT2D eigenvalue weighted by atomic mass is 32.1. The minimum atomic E-state index is -0.355. The summed E-state index contributed by atoms with van der Waals surface area (Å²) in [5.74, 6) is -0.349. The van der Waals surface area contributed by atoms with Gasteiger partial charge in [-0.1, -0.05) is 6.07 Å². The van der Waals surface area contributed by atoms with Gasteiger partial charge >= 0.3 is 6.03 Å². The van der Waals surface area contributed by atoms with E-state index in [9.17, 15) is 14.0 Å². The Kier molecular flexibility index (Phi) is 4.57. The first-order valence-electron chi connectivity index (χ1n) is 7.27. The molecule has 1 saturated heterocycles. The first-order chi connectivity index (χ1) is 11.1. The number of anilines is 1. The minimum absolute atomic E-state index is 0.00300. The van der Waals surface area contributed by atoms with Gasteiger partial charge < -0.3 is 15.5 Å². The highest BCUT2D eigenvalue weighted by Crippen LogP contribution is 2.17. The number of nitrogens with one attached hydrogen (secondary N) is 2. The smallest absolute Gasteiger partial charge is 0.319 e. The van der Waals surface area contributed by atoms with Crippen LogP contribution in [-0.4, -0.2) is 36.0 Å². The average Bonchev–Trinajstić information content (AvgIpc) is 3.20. The van der Waals surface area contributed by atoms with Crippen LogP contribution in [0.2, 0.25) is 0 Å². The Morgan fingerprint density at radius 3 is 2.70 bits per heavy atom. The van der Waals surface area contributed by atoms with Gasteiger partial charge in [-0.3, -0.25) is 4.79 Å². The van der Waals surface area contributed by atoms with Crippen LogP contribution >= 0.6 is 11.3 Å². The van der Waals surface area contributed by atoms with Crippen molar-refractivity contribution in [3.63, 3.8) is 0 Å². The van der Waals surface area contributed by atoms with Crippen LogP contribution in [0, 0.1) is 5.82 Å². The number of amides is 3. The van der Waals surface area contributed by atoms with E-state index >= 15 is 0 Å². The minimum Gasteiger partial charge on any atom is -0.336 e. The summed E-state index contributed by atoms with van der Waals surface area (Å²) < 4.78 is 12.8. The van der Waals surface area contributed by atoms with Crippen molar-refractivity contribution >= 4 is 29.0 Å². The number of carbonyl (C=O) groups excluding carboxylic acids is 2. The fraction of sp³-hybridized carbons (Fsp3) is 0.250. The van der Waals surface area contributed by atoms with Gasteiger partial charge in [0.2, 0.25) is 0 Å². The summed E-state index contributed by atoms with van der Waals surface area (Å²) in [5, 5.41) is 7.36. The van der Waals surface area contributed by atoms with E-state index in [-0.39, 0.29) is 23.8 Å². The molecule has 2 aromatic rings. The first-order valence-corrected chi connectivity index (χ1v) is 8.15. The van der Waals surface area contributed by atoms with Gasteiger partial charge in [0.15, 0.2) is 0 Å². The molecule has 2 heterocycles. The zero-order chi connectivity index (χ0) is 16.2. The molecule has 1 aliphatic rings. The molecule has 0 saturated carbocycles. The van der Waals surface area contributed by atoms with Crippen LogP contribution < -0.4 is 10.6 Å². The second-order valence-electron chi connectivity index (χ2n) is 5.32. The molecule has 3 amide bonds. The largest absolute Gasteiger partial charge is 0.336 e. The fourth-order valence-electron chi connectivity index (χ4n) is 2.50. The number of hydrogen-bond acceptors (Lipinski definition) is 3. The van der Waals surface area contributed by atoms with Crippen LogP contribution in [0.4, 0.5) is 14.9 Å². The molecule has 1 fully saturated rings. The lowest BCUT2D eigenvalue weighted by atomic mass is 10.3. The standard InChI is InChI=1S/C16H16FN3O2S/c17-11-3-5-12(6-4-11)18-16(22)19-13-7-8-20(10-13)15(21)14-2-1-9-23-14/h1-6,9,13H,7-8,10H2,(H2,18,19,22)/t13-/m0/s1. The lowest BCUT2D eigenvalue weighted by molar-refractivity contribution is 0.0794. The molecule has 2 N–H and O–H groups in total. The quantitative estimate of drug-likeness (QED) is 0.907. The molecule has 0 unspecified atom stereocenters. The van der Waals surface area contributed by atoms with E-state index in [1.165, 1.54) is 35.6 Å². The fourth-order valence-corrected chi connectivity index (χ4v) is 3.20. The molecular formula is C16H16FN3O2S. The molecule has 7 heteroatoms. The predicted octanol–water partition coefficient (Wildman–Crippen LogP) is 2.92. The van der Waals surface area contributed by atoms with Crippen molar-refractivity contribution in [2.75, 3.05) is 18.4 Å². The van der Waals surface area contributed by atoms with Crippen LogP contribution in [0.5, 0.6) is 0 Å². The van der Waals surface area contributed by atoms with Crippen molar-refractivity contribution in [2.24, 2.45) is 0 Å². The van der Waals surface area contributed by atoms with E-state index in [2.05, 4.69) is 10.6 Å². The average molecular weight is 333 g/mol. The molecule has 0 radical (unpaired) electrons. The van der Waals surface area contributed by atoms with E-state index in [0.29, 0.717) is 30.1 Å². The highest BCUT2D eigenvalue weighted by Gasteiger charge is 2.28. The first kappa shape index (κ1) is 15.5. The van der Waals surface area contributed by atoms with Crippen LogP contribution in [-0.2, 0) is 0 Å². The van der Waals surface area contributed by atoms with Gasteiger partial charge in [-0.15, -0.1) is 11.3 Å². The third-order valence-corrected chi connectivity index (χ3v) is 4.50. The van der Waals surface area contributed by atoms with Crippen molar-refractivity contribution in [3.05, 3.63) is 52.5 Å². The molecule has 1 aromatic heterocycles. The maximum atomic E-state index is 12.8. The zero-order valence-corrected chi connectivity index (χ0v) is 13.1. The van der Waals surface area contributed by atoms with Crippen LogP contribution in [0.1, 0.15) is 16.1 Å². The molecule has 0 aliphatic carbocycles. The zero-order valence-electron chi connectivity index (χ0n) is 12.3. The third kappa shape index (κ3) is 3.87. The van der Waals surface area contributed by atoms with Gasteiger partial charge in [0.05, 0.1) is 4.88 Å². The van der Waals surface area contributed by atoms with Crippen LogP contribution in [0.25, 0.3) is 0 Å². The molecule has 23 heavy (non-hydrogen) atoms. The lowest BCUT2D eigenvalue weighted by Gasteiger charge is -2.16. The number of halogens is 1. The Labute approximate surface area is 137 Å². The molecule has 0 spiro atoms. The van der Waals surface area contributed by atoms with E-state index in [0.717, 1.165) is 0 Å². The molecular weight excluding hydrogens is 317 g/mol. The number of urea groups is 1. The maximum absolute atomic E-state index is 12.8. The Morgan fingerprint density at radius 2 is 2.00 bits per heavy atom. The van der Waals surface area contributed by atoms with Crippen molar-refractivity contribution in [2.45, 2.75) is 12.5 Å². The van der Waals surface area contributed by atoms with Gasteiger partial charge in [-0.05, 0) is 42.1 Å². The molecule has 1 aliphatic heterocycles. The second kappa shape index (κ2) is 6.78. The predicted molar refractivity (Wildman–Crippen MR) is 87.2 cm³/mol. The maximum Gasteiger partial charge on any atom is 0.319 e. The lowest BCUT2D eigenvalue weighted by Crippen LogP contribution is -2.40. The van der Waals surface area contributed by atoms with Crippen molar-refractivity contribution in [1.82, 2.24) is 10.2 Å². The molecule has 3 rings (SSSR count). The summed E-state index contributed by atoms with van der Waals surface area (Å²) in [6.07, 6.45) is 0.716. The number of rotatable bonds is 3. The molecule has 120 valence electrons.